The van der Waals surface area contributed by atoms with E-state index >= 15 is 0 Å². The minimum Gasteiger partial charge on any atom is -0.480 e. The molecule has 5 N–H and O–H groups in total. The second-order valence-electron chi connectivity index (χ2n) is 13.6. The Bertz CT molecular complexity index is 1180. The molecule has 0 rings (SSSR count). The van der Waals surface area contributed by atoms with E-state index in [9.17, 15) is 28.9 Å². The molecular weight excluding hydrogens is 725 g/mol. The van der Waals surface area contributed by atoms with Crippen LogP contribution in [-0.2, 0) is 37.5 Å². The average molecular weight is 798 g/mol. The van der Waals surface area contributed by atoms with Gasteiger partial charge in [-0.15, -0.1) is 0 Å². The number of ether oxygens (including phenoxy) is 2. The molecule has 0 aliphatic heterocycles. The highest BCUT2D eigenvalue weighted by Gasteiger charge is 2.28. The molecule has 316 valence electrons. The van der Waals surface area contributed by atoms with Gasteiger partial charge in [0.25, 0.3) is 0 Å². The molecule has 13 heteroatoms. The molecule has 4 atom stereocenters. The van der Waals surface area contributed by atoms with Gasteiger partial charge in [0.05, 0.1) is 19.3 Å². The number of carbonyl (C=O) groups excluding carboxylic acids is 2. The number of hydrogen-bond acceptors (Lipinski definition) is 10. The number of unbranched alkanes of at least 4 members (excludes halogenated alkanes) is 13. The fourth-order valence-electron chi connectivity index (χ4n) is 5.12. The topological polar surface area (TPSA) is 192 Å². The molecule has 0 heterocycles. The number of nitrogens with two attached hydrogens (primary N) is 1. The fourth-order valence-corrected chi connectivity index (χ4v) is 5.90. The Morgan fingerprint density at radius 2 is 1.24 bits per heavy atom. The molecule has 0 amide bonds. The van der Waals surface area contributed by atoms with Gasteiger partial charge in [0, 0.05) is 12.8 Å². The Balaban J connectivity index is 4.56. The van der Waals surface area contributed by atoms with Gasteiger partial charge >= 0.3 is 25.7 Å². The lowest BCUT2D eigenvalue weighted by Crippen LogP contribution is -2.34. The van der Waals surface area contributed by atoms with Crippen molar-refractivity contribution in [2.24, 2.45) is 5.73 Å². The predicted molar refractivity (Wildman–Crippen MR) is 218 cm³/mol. The van der Waals surface area contributed by atoms with Crippen LogP contribution in [-0.4, -0.2) is 71.1 Å². The quantitative estimate of drug-likeness (QED) is 0.0153. The van der Waals surface area contributed by atoms with E-state index in [4.69, 9.17) is 24.8 Å². The number of aliphatic hydroxyl groups is 1. The first-order chi connectivity index (χ1) is 26.5. The molecule has 0 aromatic carbocycles. The Morgan fingerprint density at radius 1 is 0.673 bits per heavy atom. The van der Waals surface area contributed by atoms with Crippen LogP contribution >= 0.6 is 7.82 Å². The molecule has 0 saturated carbocycles. The number of hydrogen-bond donors (Lipinski definition) is 4. The lowest BCUT2D eigenvalue weighted by atomic mass is 10.0. The van der Waals surface area contributed by atoms with Gasteiger partial charge in [-0.1, -0.05) is 152 Å². The van der Waals surface area contributed by atoms with Crippen LogP contribution in [0.5, 0.6) is 0 Å². The number of carboxylic acid groups (broad SMARTS) is 1. The van der Waals surface area contributed by atoms with E-state index < -0.39 is 63.8 Å². The van der Waals surface area contributed by atoms with Gasteiger partial charge in [-0.05, 0) is 44.9 Å². The Morgan fingerprint density at radius 3 is 1.87 bits per heavy atom. The number of rotatable bonds is 37. The normalized spacial score (nSPS) is 15.0. The van der Waals surface area contributed by atoms with Gasteiger partial charge in [0.1, 0.15) is 12.6 Å². The van der Waals surface area contributed by atoms with Crippen molar-refractivity contribution in [3.63, 3.8) is 0 Å². The number of allylic oxidation sites excluding steroid dienone is 8. The third kappa shape index (κ3) is 36.5. The maximum Gasteiger partial charge on any atom is 0.472 e. The van der Waals surface area contributed by atoms with E-state index in [0.717, 1.165) is 32.1 Å². The highest BCUT2D eigenvalue weighted by atomic mass is 31.2. The second-order valence-corrected chi connectivity index (χ2v) is 15.0. The van der Waals surface area contributed by atoms with Crippen LogP contribution in [0.15, 0.2) is 60.8 Å². The summed E-state index contributed by atoms with van der Waals surface area (Å²) >= 11 is 0. The average Bonchev–Trinajstić information content (AvgIpc) is 3.15. The van der Waals surface area contributed by atoms with Crippen molar-refractivity contribution in [1.29, 1.82) is 0 Å². The standard InChI is InChI=1S/C42H72NO11P/c1-3-5-7-9-11-12-13-14-15-16-21-25-29-33-41(46)54-38(35-52-55(49,50)53-36-39(43)42(47)48)34-51-40(45)32-28-24-20-18-17-19-23-27-31-37(44)30-26-22-10-8-6-4-2/h6,8,18-20,22-23,26-27,31,37-39,44H,3-5,7,9-17,21,24-25,28-30,32-36,43H2,1-2H3,(H,47,48)(H,49,50)/b8-6-,20-18-,23-19-,26-22-,31-27+/t37?,38-,39+/m1/s1. The van der Waals surface area contributed by atoms with Crippen LogP contribution in [0, 0.1) is 0 Å². The lowest BCUT2D eigenvalue weighted by Gasteiger charge is -2.20. The zero-order chi connectivity index (χ0) is 40.8. The summed E-state index contributed by atoms with van der Waals surface area (Å²) in [4.78, 5) is 45.8. The summed E-state index contributed by atoms with van der Waals surface area (Å²) in [5, 5.41) is 18.9. The van der Waals surface area contributed by atoms with Crippen LogP contribution in [0.4, 0.5) is 0 Å². The lowest BCUT2D eigenvalue weighted by molar-refractivity contribution is -0.161. The minimum atomic E-state index is -4.74. The summed E-state index contributed by atoms with van der Waals surface area (Å²) in [6, 6.07) is -1.54. The van der Waals surface area contributed by atoms with Crippen LogP contribution < -0.4 is 5.73 Å². The highest BCUT2D eigenvalue weighted by molar-refractivity contribution is 7.47. The maximum atomic E-state index is 12.6. The van der Waals surface area contributed by atoms with Gasteiger partial charge in [-0.25, -0.2) is 4.57 Å². The zero-order valence-electron chi connectivity index (χ0n) is 33.6. The molecule has 0 aliphatic rings. The summed E-state index contributed by atoms with van der Waals surface area (Å²) < 4.78 is 32.5. The number of phosphoric acid groups is 1. The van der Waals surface area contributed by atoms with E-state index in [2.05, 4.69) is 30.5 Å². The first-order valence-corrected chi connectivity index (χ1v) is 21.9. The largest absolute Gasteiger partial charge is 0.480 e. The van der Waals surface area contributed by atoms with Gasteiger partial charge in [0.2, 0.25) is 0 Å². The van der Waals surface area contributed by atoms with Crippen molar-refractivity contribution in [2.75, 3.05) is 19.8 Å². The SMILES string of the molecule is CC/C=C\C/C=C\CC(O)/C=C/C=C\C/C=C\CCCC(=O)OC[C@H](COP(=O)(O)OC[C@H](N)C(=O)O)OC(=O)CCCCCCCCCCCCCCC. The summed E-state index contributed by atoms with van der Waals surface area (Å²) in [5.74, 6) is -2.50. The molecule has 0 spiro atoms. The molecule has 2 unspecified atom stereocenters. The van der Waals surface area contributed by atoms with Crippen molar-refractivity contribution >= 4 is 25.7 Å². The van der Waals surface area contributed by atoms with Crippen LogP contribution in [0.2, 0.25) is 0 Å². The molecule has 0 aliphatic carbocycles. The number of carbonyl (C=O) groups is 3. The van der Waals surface area contributed by atoms with Crippen molar-refractivity contribution in [1.82, 2.24) is 0 Å². The van der Waals surface area contributed by atoms with E-state index in [0.29, 0.717) is 32.1 Å². The van der Waals surface area contributed by atoms with Gasteiger partial charge < -0.3 is 30.3 Å². The Kier molecular flexibility index (Phi) is 34.8. The fraction of sp³-hybridized carbons (Fsp3) is 0.690. The monoisotopic (exact) mass is 797 g/mol. The number of phosphoric ester groups is 1. The predicted octanol–water partition coefficient (Wildman–Crippen LogP) is 9.36. The smallest absolute Gasteiger partial charge is 0.472 e. The third-order valence-corrected chi connectivity index (χ3v) is 9.31. The van der Waals surface area contributed by atoms with Crippen molar-refractivity contribution in [3.8, 4) is 0 Å². The Hall–Kier alpha value is -2.86. The first kappa shape index (κ1) is 52.1. The number of esters is 2. The molecule has 0 radical (unpaired) electrons. The molecule has 0 fully saturated rings. The number of aliphatic carboxylic acids is 1. The summed E-state index contributed by atoms with van der Waals surface area (Å²) in [6.45, 7) is 2.53. The molecular formula is C42H72NO11P. The van der Waals surface area contributed by atoms with Crippen LogP contribution in [0.25, 0.3) is 0 Å². The van der Waals surface area contributed by atoms with Crippen molar-refractivity contribution < 1.29 is 52.6 Å². The minimum absolute atomic E-state index is 0.110. The first-order valence-electron chi connectivity index (χ1n) is 20.4. The molecule has 0 aromatic heterocycles. The van der Waals surface area contributed by atoms with E-state index in [1.54, 1.807) is 6.08 Å². The van der Waals surface area contributed by atoms with E-state index in [-0.39, 0.29) is 12.8 Å². The molecule has 0 saturated heterocycles. The molecule has 55 heavy (non-hydrogen) atoms. The number of aliphatic hydroxyl groups excluding tert-OH is 1. The van der Waals surface area contributed by atoms with Crippen LogP contribution in [0.3, 0.4) is 0 Å². The second kappa shape index (κ2) is 36.8. The van der Waals surface area contributed by atoms with Crippen LogP contribution in [0.1, 0.15) is 149 Å². The molecule has 0 aromatic rings. The summed E-state index contributed by atoms with van der Waals surface area (Å²) in [5.41, 5.74) is 5.31. The molecule has 12 nitrogen and oxygen atoms in total. The van der Waals surface area contributed by atoms with E-state index in [1.807, 2.05) is 42.5 Å². The van der Waals surface area contributed by atoms with Gasteiger partial charge in [0.15, 0.2) is 6.10 Å². The maximum absolute atomic E-state index is 12.6. The number of carboxylic acids is 1. The zero-order valence-corrected chi connectivity index (χ0v) is 34.5. The third-order valence-electron chi connectivity index (χ3n) is 8.36. The van der Waals surface area contributed by atoms with Crippen molar-refractivity contribution in [3.05, 3.63) is 60.8 Å². The Labute approximate surface area is 330 Å². The van der Waals surface area contributed by atoms with Gasteiger partial charge in [-0.2, -0.15) is 0 Å². The summed E-state index contributed by atoms with van der Waals surface area (Å²) in [6.07, 6.45) is 37.5. The molecule has 0 bridgehead atoms. The summed E-state index contributed by atoms with van der Waals surface area (Å²) in [7, 11) is -4.74. The highest BCUT2D eigenvalue weighted by Crippen LogP contribution is 2.43. The van der Waals surface area contributed by atoms with E-state index in [1.165, 1.54) is 57.8 Å². The van der Waals surface area contributed by atoms with Crippen molar-refractivity contribution in [2.45, 2.75) is 167 Å². The van der Waals surface area contributed by atoms with Gasteiger partial charge in [-0.3, -0.25) is 23.4 Å².